The van der Waals surface area contributed by atoms with Crippen molar-refractivity contribution in [1.82, 2.24) is 9.80 Å². The third-order valence-electron chi connectivity index (χ3n) is 4.23. The van der Waals surface area contributed by atoms with E-state index in [1.165, 1.54) is 0 Å². The zero-order chi connectivity index (χ0) is 14.1. The maximum absolute atomic E-state index is 12.5. The standard InChI is InChI=1S/C16H20N2O2/c1-12(13-5-3-2-4-6-13)16(20)17-9-10-18(14-7-8-14)15(19)11-17/h2-6,12,14H,7-11H2,1H3/t12-/m1/s1. The van der Waals surface area contributed by atoms with Crippen LogP contribution >= 0.6 is 0 Å². The van der Waals surface area contributed by atoms with E-state index in [0.29, 0.717) is 19.1 Å². The predicted octanol–water partition coefficient (Wildman–Crippen LogP) is 1.62. The van der Waals surface area contributed by atoms with E-state index >= 15 is 0 Å². The molecule has 1 aromatic carbocycles. The van der Waals surface area contributed by atoms with Crippen molar-refractivity contribution in [3.63, 3.8) is 0 Å². The van der Waals surface area contributed by atoms with Crippen molar-refractivity contribution in [2.75, 3.05) is 19.6 Å². The van der Waals surface area contributed by atoms with Crippen LogP contribution in [-0.4, -0.2) is 47.3 Å². The molecule has 0 bridgehead atoms. The van der Waals surface area contributed by atoms with E-state index in [9.17, 15) is 9.59 Å². The fraction of sp³-hybridized carbons (Fsp3) is 0.500. The Bertz CT molecular complexity index is 510. The van der Waals surface area contributed by atoms with Crippen molar-refractivity contribution in [1.29, 1.82) is 0 Å². The molecule has 1 heterocycles. The van der Waals surface area contributed by atoms with E-state index in [4.69, 9.17) is 0 Å². The van der Waals surface area contributed by atoms with Gasteiger partial charge in [0.25, 0.3) is 0 Å². The molecular weight excluding hydrogens is 252 g/mol. The van der Waals surface area contributed by atoms with E-state index in [-0.39, 0.29) is 24.3 Å². The molecule has 1 atom stereocenters. The predicted molar refractivity (Wildman–Crippen MR) is 76.2 cm³/mol. The van der Waals surface area contributed by atoms with Gasteiger partial charge in [0.1, 0.15) is 0 Å². The smallest absolute Gasteiger partial charge is 0.242 e. The van der Waals surface area contributed by atoms with Crippen LogP contribution in [0.4, 0.5) is 0 Å². The van der Waals surface area contributed by atoms with Gasteiger partial charge in [-0.1, -0.05) is 30.3 Å². The zero-order valence-corrected chi connectivity index (χ0v) is 11.8. The first-order chi connectivity index (χ1) is 9.66. The van der Waals surface area contributed by atoms with E-state index in [0.717, 1.165) is 18.4 Å². The fourth-order valence-corrected chi connectivity index (χ4v) is 2.80. The number of nitrogens with zero attached hydrogens (tertiary/aromatic N) is 2. The first kappa shape index (κ1) is 13.2. The lowest BCUT2D eigenvalue weighted by molar-refractivity contribution is -0.146. The number of benzene rings is 1. The normalized spacial score (nSPS) is 20.9. The van der Waals surface area contributed by atoms with Gasteiger partial charge in [0.15, 0.2) is 0 Å². The highest BCUT2D eigenvalue weighted by Crippen LogP contribution is 2.28. The highest BCUT2D eigenvalue weighted by Gasteiger charge is 2.37. The van der Waals surface area contributed by atoms with Crippen LogP contribution < -0.4 is 0 Å². The van der Waals surface area contributed by atoms with Crippen LogP contribution in [0.5, 0.6) is 0 Å². The van der Waals surface area contributed by atoms with Crippen LogP contribution in [0.1, 0.15) is 31.2 Å². The van der Waals surface area contributed by atoms with Crippen LogP contribution in [0, 0.1) is 0 Å². The van der Waals surface area contributed by atoms with Crippen molar-refractivity contribution in [3.05, 3.63) is 35.9 Å². The Morgan fingerprint density at radius 1 is 1.20 bits per heavy atom. The maximum atomic E-state index is 12.5. The molecule has 1 aliphatic heterocycles. The van der Waals surface area contributed by atoms with E-state index in [2.05, 4.69) is 0 Å². The number of hydrogen-bond donors (Lipinski definition) is 0. The second-order valence-corrected chi connectivity index (χ2v) is 5.71. The number of piperazine rings is 1. The molecule has 2 fully saturated rings. The molecule has 3 rings (SSSR count). The minimum absolute atomic E-state index is 0.0556. The third kappa shape index (κ3) is 2.55. The summed E-state index contributed by atoms with van der Waals surface area (Å²) in [5, 5.41) is 0. The van der Waals surface area contributed by atoms with Crippen LogP contribution in [0.15, 0.2) is 30.3 Å². The van der Waals surface area contributed by atoms with Gasteiger partial charge in [-0.15, -0.1) is 0 Å². The SMILES string of the molecule is C[C@@H](C(=O)N1CCN(C2CC2)C(=O)C1)c1ccccc1. The summed E-state index contributed by atoms with van der Waals surface area (Å²) in [5.74, 6) is -0.0242. The molecule has 4 nitrogen and oxygen atoms in total. The summed E-state index contributed by atoms with van der Waals surface area (Å²) in [4.78, 5) is 28.2. The van der Waals surface area contributed by atoms with Crippen molar-refractivity contribution < 1.29 is 9.59 Å². The summed E-state index contributed by atoms with van der Waals surface area (Å²) >= 11 is 0. The number of carbonyl (C=O) groups excluding carboxylic acids is 2. The van der Waals surface area contributed by atoms with E-state index in [1.54, 1.807) is 4.90 Å². The molecule has 0 N–H and O–H groups in total. The third-order valence-corrected chi connectivity index (χ3v) is 4.23. The van der Waals surface area contributed by atoms with Gasteiger partial charge in [-0.2, -0.15) is 0 Å². The fourth-order valence-electron chi connectivity index (χ4n) is 2.80. The molecule has 1 aromatic rings. The van der Waals surface area contributed by atoms with Crippen LogP contribution in [0.25, 0.3) is 0 Å². The summed E-state index contributed by atoms with van der Waals surface area (Å²) in [5.41, 5.74) is 1.01. The van der Waals surface area contributed by atoms with Crippen LogP contribution in [-0.2, 0) is 9.59 Å². The zero-order valence-electron chi connectivity index (χ0n) is 11.8. The highest BCUT2D eigenvalue weighted by atomic mass is 16.2. The van der Waals surface area contributed by atoms with E-state index < -0.39 is 0 Å². The lowest BCUT2D eigenvalue weighted by Gasteiger charge is -2.35. The quantitative estimate of drug-likeness (QED) is 0.839. The van der Waals surface area contributed by atoms with Gasteiger partial charge in [0.05, 0.1) is 12.5 Å². The van der Waals surface area contributed by atoms with Gasteiger partial charge in [-0.05, 0) is 25.3 Å². The minimum Gasteiger partial charge on any atom is -0.336 e. The molecular formula is C16H20N2O2. The van der Waals surface area contributed by atoms with Crippen LogP contribution in [0.2, 0.25) is 0 Å². The Hall–Kier alpha value is -1.84. The van der Waals surface area contributed by atoms with Gasteiger partial charge in [-0.25, -0.2) is 0 Å². The van der Waals surface area contributed by atoms with Crippen LogP contribution in [0.3, 0.4) is 0 Å². The Balaban J connectivity index is 1.64. The summed E-state index contributed by atoms with van der Waals surface area (Å²) < 4.78 is 0. The second kappa shape index (κ2) is 5.27. The molecule has 4 heteroatoms. The Morgan fingerprint density at radius 3 is 2.50 bits per heavy atom. The molecule has 2 amide bonds. The average molecular weight is 272 g/mol. The summed E-state index contributed by atoms with van der Waals surface area (Å²) in [7, 11) is 0. The first-order valence-corrected chi connectivity index (χ1v) is 7.30. The lowest BCUT2D eigenvalue weighted by atomic mass is 9.99. The number of hydrogen-bond acceptors (Lipinski definition) is 2. The largest absolute Gasteiger partial charge is 0.336 e. The minimum atomic E-state index is -0.184. The molecule has 106 valence electrons. The second-order valence-electron chi connectivity index (χ2n) is 5.71. The van der Waals surface area contributed by atoms with Crippen molar-refractivity contribution >= 4 is 11.8 Å². The Kier molecular flexibility index (Phi) is 3.47. The van der Waals surface area contributed by atoms with Gasteiger partial charge < -0.3 is 9.80 Å². The van der Waals surface area contributed by atoms with Gasteiger partial charge >= 0.3 is 0 Å². The maximum Gasteiger partial charge on any atom is 0.242 e. The van der Waals surface area contributed by atoms with Crippen molar-refractivity contribution in [3.8, 4) is 0 Å². The lowest BCUT2D eigenvalue weighted by Crippen LogP contribution is -2.53. The topological polar surface area (TPSA) is 40.6 Å². The molecule has 1 saturated carbocycles. The molecule has 20 heavy (non-hydrogen) atoms. The first-order valence-electron chi connectivity index (χ1n) is 7.30. The Morgan fingerprint density at radius 2 is 1.90 bits per heavy atom. The summed E-state index contributed by atoms with van der Waals surface area (Å²) in [6, 6.07) is 10.2. The van der Waals surface area contributed by atoms with E-state index in [1.807, 2.05) is 42.2 Å². The molecule has 1 saturated heterocycles. The number of rotatable bonds is 3. The molecule has 0 radical (unpaired) electrons. The molecule has 0 aromatic heterocycles. The van der Waals surface area contributed by atoms with Gasteiger partial charge in [-0.3, -0.25) is 9.59 Å². The highest BCUT2D eigenvalue weighted by molar-refractivity contribution is 5.89. The summed E-state index contributed by atoms with van der Waals surface area (Å²) in [6.07, 6.45) is 2.25. The van der Waals surface area contributed by atoms with Crippen molar-refractivity contribution in [2.45, 2.75) is 31.7 Å². The van der Waals surface area contributed by atoms with Gasteiger partial charge in [0.2, 0.25) is 11.8 Å². The molecule has 0 unspecified atom stereocenters. The number of carbonyl (C=O) groups is 2. The molecule has 2 aliphatic rings. The Labute approximate surface area is 119 Å². The summed E-state index contributed by atoms with van der Waals surface area (Å²) in [6.45, 7) is 3.51. The monoisotopic (exact) mass is 272 g/mol. The number of amides is 2. The van der Waals surface area contributed by atoms with Crippen molar-refractivity contribution in [2.24, 2.45) is 0 Å². The molecule has 1 aliphatic carbocycles. The average Bonchev–Trinajstić information content (AvgIpc) is 3.31. The van der Waals surface area contributed by atoms with Gasteiger partial charge in [0, 0.05) is 19.1 Å². The molecule has 0 spiro atoms.